The van der Waals surface area contributed by atoms with E-state index in [2.05, 4.69) is 91.2 Å². The fourth-order valence-electron chi connectivity index (χ4n) is 3.81. The summed E-state index contributed by atoms with van der Waals surface area (Å²) in [4.78, 5) is 0. The summed E-state index contributed by atoms with van der Waals surface area (Å²) in [6, 6.07) is 25.9. The van der Waals surface area contributed by atoms with Crippen LogP contribution < -0.4 is 4.74 Å². The Morgan fingerprint density at radius 2 is 1.59 bits per heavy atom. The van der Waals surface area contributed by atoms with Crippen molar-refractivity contribution in [3.63, 3.8) is 0 Å². The zero-order valence-electron chi connectivity index (χ0n) is 16.2. The molecule has 2 heteroatoms. The minimum absolute atomic E-state index is 0.693. The van der Waals surface area contributed by atoms with E-state index < -0.39 is 0 Å². The van der Waals surface area contributed by atoms with Crippen molar-refractivity contribution in [2.24, 2.45) is 0 Å². The van der Waals surface area contributed by atoms with Crippen LogP contribution in [0.5, 0.6) is 5.75 Å². The maximum Gasteiger partial charge on any atom is 0.119 e. The first-order valence-corrected chi connectivity index (χ1v) is 9.54. The van der Waals surface area contributed by atoms with E-state index >= 15 is 0 Å². The number of hydrogen-bond acceptors (Lipinski definition) is 1. The molecule has 0 amide bonds. The molecule has 0 unspecified atom stereocenters. The monoisotopic (exact) mass is 355 g/mol. The lowest BCUT2D eigenvalue weighted by Gasteiger charge is -2.13. The molecule has 0 aliphatic rings. The first-order chi connectivity index (χ1) is 13.2. The molecule has 2 nitrogen and oxygen atoms in total. The van der Waals surface area contributed by atoms with Crippen molar-refractivity contribution < 1.29 is 4.74 Å². The molecule has 0 aliphatic heterocycles. The van der Waals surface area contributed by atoms with E-state index in [0.29, 0.717) is 6.61 Å². The minimum atomic E-state index is 0.693. The van der Waals surface area contributed by atoms with E-state index in [9.17, 15) is 0 Å². The van der Waals surface area contributed by atoms with Crippen LogP contribution in [0.25, 0.3) is 22.2 Å². The summed E-state index contributed by atoms with van der Waals surface area (Å²) in [6.07, 6.45) is 0. The Morgan fingerprint density at radius 1 is 0.852 bits per heavy atom. The summed E-state index contributed by atoms with van der Waals surface area (Å²) >= 11 is 0. The van der Waals surface area contributed by atoms with Crippen LogP contribution in [0.15, 0.2) is 72.8 Å². The van der Waals surface area contributed by atoms with Gasteiger partial charge in [0.05, 0.1) is 12.3 Å². The van der Waals surface area contributed by atoms with Gasteiger partial charge in [-0.25, -0.2) is 0 Å². The van der Waals surface area contributed by atoms with E-state index in [4.69, 9.17) is 4.74 Å². The van der Waals surface area contributed by atoms with Gasteiger partial charge in [-0.1, -0.05) is 54.1 Å². The van der Waals surface area contributed by atoms with Crippen LogP contribution in [0.3, 0.4) is 0 Å². The molecule has 4 aromatic rings. The SMILES string of the molecule is CCOc1ccc(Cn2c(-c3ccccc3)c(C)c3cc(C)ccc32)cc1. The van der Waals surface area contributed by atoms with Gasteiger partial charge in [0.2, 0.25) is 0 Å². The van der Waals surface area contributed by atoms with Gasteiger partial charge in [0.25, 0.3) is 0 Å². The highest BCUT2D eigenvalue weighted by Gasteiger charge is 2.16. The number of hydrogen-bond donors (Lipinski definition) is 0. The normalized spacial score (nSPS) is 11.1. The third-order valence-electron chi connectivity index (χ3n) is 5.09. The summed E-state index contributed by atoms with van der Waals surface area (Å²) in [5.74, 6) is 0.925. The van der Waals surface area contributed by atoms with Crippen molar-refractivity contribution in [2.45, 2.75) is 27.3 Å². The molecule has 136 valence electrons. The third kappa shape index (κ3) is 3.35. The van der Waals surface area contributed by atoms with E-state index in [0.717, 1.165) is 12.3 Å². The Labute approximate surface area is 161 Å². The molecule has 0 aliphatic carbocycles. The largest absolute Gasteiger partial charge is 0.494 e. The Bertz CT molecular complexity index is 1060. The maximum atomic E-state index is 5.58. The molecule has 0 N–H and O–H groups in total. The molecular formula is C25H25NO. The lowest BCUT2D eigenvalue weighted by atomic mass is 10.1. The molecule has 0 radical (unpaired) electrons. The molecule has 0 saturated heterocycles. The van der Waals surface area contributed by atoms with Crippen molar-refractivity contribution in [3.8, 4) is 17.0 Å². The molecule has 0 spiro atoms. The molecule has 1 aromatic heterocycles. The second-order valence-corrected chi connectivity index (χ2v) is 7.02. The number of benzene rings is 3. The Kier molecular flexibility index (Phi) is 4.72. The van der Waals surface area contributed by atoms with Crippen molar-refractivity contribution in [1.29, 1.82) is 0 Å². The predicted molar refractivity (Wildman–Crippen MR) is 114 cm³/mol. The fraction of sp³-hybridized carbons (Fsp3) is 0.200. The van der Waals surface area contributed by atoms with Crippen LogP contribution in [-0.4, -0.2) is 11.2 Å². The summed E-state index contributed by atoms with van der Waals surface area (Å²) in [5, 5.41) is 1.33. The number of fused-ring (bicyclic) bond motifs is 1. The van der Waals surface area contributed by atoms with Gasteiger partial charge in [0, 0.05) is 17.4 Å². The Balaban J connectivity index is 1.85. The van der Waals surface area contributed by atoms with Crippen LogP contribution in [0.4, 0.5) is 0 Å². The van der Waals surface area contributed by atoms with Crippen LogP contribution in [0, 0.1) is 13.8 Å². The highest BCUT2D eigenvalue weighted by molar-refractivity contribution is 5.92. The second-order valence-electron chi connectivity index (χ2n) is 7.02. The van der Waals surface area contributed by atoms with E-state index in [1.165, 1.54) is 38.9 Å². The molecule has 0 fully saturated rings. The molecule has 0 saturated carbocycles. The average molecular weight is 355 g/mol. The summed E-state index contributed by atoms with van der Waals surface area (Å²) in [6.45, 7) is 7.93. The zero-order chi connectivity index (χ0) is 18.8. The zero-order valence-corrected chi connectivity index (χ0v) is 16.2. The Morgan fingerprint density at radius 3 is 2.30 bits per heavy atom. The topological polar surface area (TPSA) is 14.2 Å². The predicted octanol–water partition coefficient (Wildman–Crippen LogP) is 6.37. The van der Waals surface area contributed by atoms with Gasteiger partial charge in [-0.3, -0.25) is 0 Å². The standard InChI is InChI=1S/C25H25NO/c1-4-27-22-13-11-20(12-14-22)17-26-24-15-10-18(2)16-23(24)19(3)25(26)21-8-6-5-7-9-21/h5-16H,4,17H2,1-3H3. The number of aromatic nitrogens is 1. The molecule has 27 heavy (non-hydrogen) atoms. The number of ether oxygens (including phenoxy) is 1. The van der Waals surface area contributed by atoms with Gasteiger partial charge >= 0.3 is 0 Å². The number of nitrogens with zero attached hydrogens (tertiary/aromatic N) is 1. The van der Waals surface area contributed by atoms with Crippen molar-refractivity contribution in [1.82, 2.24) is 4.57 Å². The van der Waals surface area contributed by atoms with Crippen molar-refractivity contribution in [2.75, 3.05) is 6.61 Å². The lowest BCUT2D eigenvalue weighted by molar-refractivity contribution is 0.340. The molecular weight excluding hydrogens is 330 g/mol. The smallest absolute Gasteiger partial charge is 0.119 e. The fourth-order valence-corrected chi connectivity index (χ4v) is 3.81. The number of aryl methyl sites for hydroxylation is 2. The average Bonchev–Trinajstić information content (AvgIpc) is 2.95. The first-order valence-electron chi connectivity index (χ1n) is 9.54. The van der Waals surface area contributed by atoms with Crippen molar-refractivity contribution in [3.05, 3.63) is 89.5 Å². The molecule has 4 rings (SSSR count). The third-order valence-corrected chi connectivity index (χ3v) is 5.09. The maximum absolute atomic E-state index is 5.58. The highest BCUT2D eigenvalue weighted by atomic mass is 16.5. The van der Waals surface area contributed by atoms with Gasteiger partial charge in [-0.05, 0) is 61.7 Å². The van der Waals surface area contributed by atoms with Gasteiger partial charge in [-0.2, -0.15) is 0 Å². The highest BCUT2D eigenvalue weighted by Crippen LogP contribution is 2.34. The molecule has 3 aromatic carbocycles. The Hall–Kier alpha value is -3.00. The molecule has 0 bridgehead atoms. The van der Waals surface area contributed by atoms with Gasteiger partial charge in [0.15, 0.2) is 0 Å². The summed E-state index contributed by atoms with van der Waals surface area (Å²) in [7, 11) is 0. The van der Waals surface area contributed by atoms with Gasteiger partial charge < -0.3 is 9.30 Å². The van der Waals surface area contributed by atoms with E-state index in [1.807, 2.05) is 6.92 Å². The molecule has 1 heterocycles. The van der Waals surface area contributed by atoms with E-state index in [-0.39, 0.29) is 0 Å². The van der Waals surface area contributed by atoms with Crippen LogP contribution in [-0.2, 0) is 6.54 Å². The molecule has 0 atom stereocenters. The van der Waals surface area contributed by atoms with Gasteiger partial charge in [0.1, 0.15) is 5.75 Å². The van der Waals surface area contributed by atoms with Gasteiger partial charge in [-0.15, -0.1) is 0 Å². The van der Waals surface area contributed by atoms with Crippen LogP contribution in [0.1, 0.15) is 23.6 Å². The van der Waals surface area contributed by atoms with E-state index in [1.54, 1.807) is 0 Å². The quantitative estimate of drug-likeness (QED) is 0.405. The summed E-state index contributed by atoms with van der Waals surface area (Å²) in [5.41, 5.74) is 7.74. The number of rotatable bonds is 5. The van der Waals surface area contributed by atoms with Crippen LogP contribution >= 0.6 is 0 Å². The van der Waals surface area contributed by atoms with Crippen LogP contribution in [0.2, 0.25) is 0 Å². The summed E-state index contributed by atoms with van der Waals surface area (Å²) < 4.78 is 8.02. The first kappa shape index (κ1) is 17.4. The van der Waals surface area contributed by atoms with Crippen molar-refractivity contribution >= 4 is 10.9 Å². The minimum Gasteiger partial charge on any atom is -0.494 e. The second kappa shape index (κ2) is 7.32. The lowest BCUT2D eigenvalue weighted by Crippen LogP contribution is -2.02.